The van der Waals surface area contributed by atoms with Crippen molar-refractivity contribution in [3.8, 4) is 0 Å². The van der Waals surface area contributed by atoms with Gasteiger partial charge in [-0.15, -0.1) is 0 Å². The Morgan fingerprint density at radius 1 is 0.898 bits per heavy atom. The molecule has 268 valence electrons. The van der Waals surface area contributed by atoms with Crippen molar-refractivity contribution in [2.45, 2.75) is 131 Å². The van der Waals surface area contributed by atoms with Crippen molar-refractivity contribution >= 4 is 5.97 Å². The van der Waals surface area contributed by atoms with Crippen LogP contribution in [-0.4, -0.2) is 25.2 Å². The van der Waals surface area contributed by atoms with E-state index >= 15 is 0 Å². The molecule has 1 N–H and O–H groups in total. The second-order valence-electron chi connectivity index (χ2n) is 19.0. The lowest BCUT2D eigenvalue weighted by atomic mass is 9.33. The molecule has 10 atom stereocenters. The quantitative estimate of drug-likeness (QED) is 0.232. The molecule has 0 spiro atoms. The Morgan fingerprint density at radius 3 is 2.31 bits per heavy atom. The van der Waals surface area contributed by atoms with Gasteiger partial charge in [0, 0.05) is 5.54 Å². The topological polar surface area (TPSA) is 38.3 Å². The smallest absolute Gasteiger partial charge is 0.315 e. The number of esters is 1. The molecule has 3 nitrogen and oxygen atoms in total. The Kier molecular flexibility index (Phi) is 8.77. The summed E-state index contributed by atoms with van der Waals surface area (Å²) < 4.78 is 20.4. The van der Waals surface area contributed by atoms with Gasteiger partial charge < -0.3 is 10.1 Å². The number of ether oxygens (including phenoxy) is 1. The predicted molar refractivity (Wildman–Crippen MR) is 198 cm³/mol. The second-order valence-corrected chi connectivity index (χ2v) is 19.0. The molecule has 0 saturated heterocycles. The number of carbonyl (C=O) groups is 1. The Balaban J connectivity index is 1.13. The number of rotatable bonds is 7. The predicted octanol–water partition coefficient (Wildman–Crippen LogP) is 11.0. The number of fused-ring (bicyclic) bond motifs is 7. The lowest BCUT2D eigenvalue weighted by molar-refractivity contribution is -0.220. The molecule has 1 aromatic rings. The van der Waals surface area contributed by atoms with Crippen molar-refractivity contribution in [1.82, 2.24) is 5.32 Å². The van der Waals surface area contributed by atoms with Gasteiger partial charge in [0.2, 0.25) is 0 Å². The average molecular weight is 670 g/mol. The van der Waals surface area contributed by atoms with E-state index in [2.05, 4.69) is 72.6 Å². The minimum atomic E-state index is -1.07. The van der Waals surface area contributed by atoms with E-state index in [4.69, 9.17) is 4.74 Å². The standard InChI is InChI=1S/C45H64FNO2/c1-30(2)33-18-25-45(47-8)27-26-42(6)35(38(33)45)14-15-37-41(5)21-19-34(40(3,4)36(41)20-22-43(37,42)7)32-16-23-44(29-46,24-17-32)39(48)49-28-31-12-10-9-11-13-31/h9-13,16,19,33,35-38,47H,1,14-15,17-18,20-29H2,2-8H3/t33-,35+,36-,37+,38+,41-,42+,43+,44-,45-/m0/s1. The van der Waals surface area contributed by atoms with Crippen LogP contribution in [0.1, 0.15) is 124 Å². The highest BCUT2D eigenvalue weighted by molar-refractivity contribution is 5.78. The first kappa shape index (κ1) is 35.2. The summed E-state index contributed by atoms with van der Waals surface area (Å²) in [5, 5.41) is 3.93. The molecule has 4 fully saturated rings. The SMILES string of the molecule is C=C(C)[C@@H]1CC[C@]2(NC)CC[C@]3(C)[C@H](CC[C@@H]4[C@@]5(C)CC=C(C6=CC[C@](CF)(C(=O)OCc7ccccc7)CC6)C(C)(C)[C@@H]5CC[C@]43C)[C@@H]12. The number of hydrogen-bond donors (Lipinski definition) is 1. The van der Waals surface area contributed by atoms with Crippen LogP contribution in [0.25, 0.3) is 0 Å². The van der Waals surface area contributed by atoms with E-state index in [1.165, 1.54) is 68.1 Å². The summed E-state index contributed by atoms with van der Waals surface area (Å²) in [5.41, 5.74) is 5.34. The molecule has 0 aromatic heterocycles. The van der Waals surface area contributed by atoms with Crippen LogP contribution in [0, 0.1) is 56.7 Å². The van der Waals surface area contributed by atoms with Crippen molar-refractivity contribution in [3.05, 3.63) is 71.3 Å². The largest absolute Gasteiger partial charge is 0.460 e. The van der Waals surface area contributed by atoms with Gasteiger partial charge >= 0.3 is 5.97 Å². The van der Waals surface area contributed by atoms with Crippen LogP contribution in [0.15, 0.2) is 65.8 Å². The summed E-state index contributed by atoms with van der Waals surface area (Å²) in [6.45, 7) is 19.5. The number of allylic oxidation sites excluding steroid dienone is 5. The fraction of sp³-hybridized carbons (Fsp3) is 0.711. The maximum Gasteiger partial charge on any atom is 0.315 e. The summed E-state index contributed by atoms with van der Waals surface area (Å²) in [4.78, 5) is 13.3. The third-order valence-electron chi connectivity index (χ3n) is 17.0. The van der Waals surface area contributed by atoms with E-state index in [1.54, 1.807) is 0 Å². The van der Waals surface area contributed by atoms with Crippen LogP contribution in [0.2, 0.25) is 0 Å². The lowest BCUT2D eigenvalue weighted by Gasteiger charge is -2.72. The second kappa shape index (κ2) is 12.2. The highest BCUT2D eigenvalue weighted by Gasteiger charge is 2.70. The van der Waals surface area contributed by atoms with Crippen molar-refractivity contribution in [3.63, 3.8) is 0 Å². The van der Waals surface area contributed by atoms with Crippen molar-refractivity contribution in [2.24, 2.45) is 56.7 Å². The molecule has 0 radical (unpaired) electrons. The molecule has 4 heteroatoms. The zero-order chi connectivity index (χ0) is 35.0. The Hall–Kier alpha value is -2.20. The Bertz CT molecular complexity index is 1530. The van der Waals surface area contributed by atoms with Crippen LogP contribution < -0.4 is 5.32 Å². The van der Waals surface area contributed by atoms with Gasteiger partial charge in [-0.25, -0.2) is 4.39 Å². The molecule has 6 aliphatic carbocycles. The third kappa shape index (κ3) is 5.06. The van der Waals surface area contributed by atoms with Crippen LogP contribution in [0.4, 0.5) is 4.39 Å². The lowest BCUT2D eigenvalue weighted by Crippen LogP contribution is -2.67. The molecule has 6 aliphatic rings. The maximum atomic E-state index is 14.7. The number of benzene rings is 1. The van der Waals surface area contributed by atoms with Crippen LogP contribution >= 0.6 is 0 Å². The first-order chi connectivity index (χ1) is 23.2. The van der Waals surface area contributed by atoms with E-state index < -0.39 is 18.1 Å². The van der Waals surface area contributed by atoms with E-state index in [1.807, 2.05) is 30.3 Å². The van der Waals surface area contributed by atoms with Crippen LogP contribution in [0.5, 0.6) is 0 Å². The maximum absolute atomic E-state index is 14.7. The van der Waals surface area contributed by atoms with E-state index in [0.717, 1.165) is 24.3 Å². The normalized spacial score (nSPS) is 44.0. The zero-order valence-electron chi connectivity index (χ0n) is 31.7. The number of nitrogens with one attached hydrogen (secondary N) is 1. The molecule has 4 saturated carbocycles. The molecular weight excluding hydrogens is 605 g/mol. The van der Waals surface area contributed by atoms with Gasteiger partial charge in [0.15, 0.2) is 0 Å². The Labute approximate surface area is 297 Å². The minimum absolute atomic E-state index is 0.0335. The summed E-state index contributed by atoms with van der Waals surface area (Å²) in [5.74, 6) is 3.03. The monoisotopic (exact) mass is 669 g/mol. The number of hydrogen-bond acceptors (Lipinski definition) is 3. The molecule has 0 bridgehead atoms. The number of halogens is 1. The minimum Gasteiger partial charge on any atom is -0.460 e. The van der Waals surface area contributed by atoms with Gasteiger partial charge in [-0.1, -0.05) is 89.3 Å². The van der Waals surface area contributed by atoms with Gasteiger partial charge in [-0.05, 0) is 159 Å². The van der Waals surface area contributed by atoms with Gasteiger partial charge in [0.1, 0.15) is 13.3 Å². The summed E-state index contributed by atoms with van der Waals surface area (Å²) in [7, 11) is 2.24. The van der Waals surface area contributed by atoms with Gasteiger partial charge in [0.25, 0.3) is 0 Å². The van der Waals surface area contributed by atoms with E-state index in [-0.39, 0.29) is 23.0 Å². The highest BCUT2D eigenvalue weighted by Crippen LogP contribution is 2.76. The van der Waals surface area contributed by atoms with Crippen molar-refractivity contribution in [1.29, 1.82) is 0 Å². The fourth-order valence-electron chi connectivity index (χ4n) is 14.1. The average Bonchev–Trinajstić information content (AvgIpc) is 3.48. The molecule has 49 heavy (non-hydrogen) atoms. The van der Waals surface area contributed by atoms with Crippen LogP contribution in [-0.2, 0) is 16.1 Å². The molecule has 0 aliphatic heterocycles. The molecule has 7 rings (SSSR count). The van der Waals surface area contributed by atoms with Crippen molar-refractivity contribution < 1.29 is 13.9 Å². The Morgan fingerprint density at radius 2 is 1.65 bits per heavy atom. The summed E-state index contributed by atoms with van der Waals surface area (Å²) >= 11 is 0. The van der Waals surface area contributed by atoms with E-state index in [0.29, 0.717) is 47.3 Å². The first-order valence-corrected chi connectivity index (χ1v) is 19.7. The summed E-state index contributed by atoms with van der Waals surface area (Å²) in [6.07, 6.45) is 18.1. The fourth-order valence-corrected chi connectivity index (χ4v) is 14.1. The first-order valence-electron chi connectivity index (χ1n) is 19.7. The van der Waals surface area contributed by atoms with Crippen molar-refractivity contribution in [2.75, 3.05) is 13.7 Å². The molecule has 1 aromatic carbocycles. The zero-order valence-corrected chi connectivity index (χ0v) is 31.7. The number of carbonyl (C=O) groups excluding carboxylic acids is 1. The number of alkyl halides is 1. The van der Waals surface area contributed by atoms with E-state index in [9.17, 15) is 9.18 Å². The van der Waals surface area contributed by atoms with Gasteiger partial charge in [0.05, 0.1) is 5.41 Å². The summed E-state index contributed by atoms with van der Waals surface area (Å²) in [6, 6.07) is 9.70. The molecule has 0 unspecified atom stereocenters. The van der Waals surface area contributed by atoms with Gasteiger partial charge in [-0.2, -0.15) is 0 Å². The molecule has 0 amide bonds. The molecular formula is C45H64FNO2. The third-order valence-corrected chi connectivity index (χ3v) is 17.0. The van der Waals surface area contributed by atoms with Crippen LogP contribution in [0.3, 0.4) is 0 Å². The highest BCUT2D eigenvalue weighted by atomic mass is 19.1. The van der Waals surface area contributed by atoms with Gasteiger partial charge in [-0.3, -0.25) is 4.79 Å². The molecule has 0 heterocycles.